The van der Waals surface area contributed by atoms with E-state index < -0.39 is 5.97 Å². The van der Waals surface area contributed by atoms with Gasteiger partial charge in [0.05, 0.1) is 11.3 Å². The molecule has 0 unspecified atom stereocenters. The molecule has 0 saturated heterocycles. The number of amides is 2. The molecule has 2 N–H and O–H groups in total. The number of carbonyl (C=O) groups is 3. The zero-order valence-corrected chi connectivity index (χ0v) is 14.4. The van der Waals surface area contributed by atoms with Crippen molar-refractivity contribution in [1.82, 2.24) is 0 Å². The molecule has 1 aliphatic rings. The average Bonchev–Trinajstić information content (AvgIpc) is 2.56. The lowest BCUT2D eigenvalue weighted by Gasteiger charge is -2.29. The molecule has 2 amide bonds. The fourth-order valence-electron chi connectivity index (χ4n) is 2.90. The highest BCUT2D eigenvalue weighted by Crippen LogP contribution is 2.33. The molecule has 1 aliphatic heterocycles. The third kappa shape index (κ3) is 3.66. The molecule has 0 atom stereocenters. The second-order valence-electron chi connectivity index (χ2n) is 6.18. The van der Waals surface area contributed by atoms with Gasteiger partial charge in [-0.25, -0.2) is 4.79 Å². The van der Waals surface area contributed by atoms with Crippen LogP contribution in [0.25, 0.3) is 0 Å². The second-order valence-corrected chi connectivity index (χ2v) is 6.18. The van der Waals surface area contributed by atoms with Crippen LogP contribution < -0.4 is 15.0 Å². The number of carboxylic acid groups (broad SMARTS) is 1. The largest absolute Gasteiger partial charge is 0.482 e. The molecule has 0 spiro atoms. The van der Waals surface area contributed by atoms with Crippen LogP contribution in [0.4, 0.5) is 11.4 Å². The fraction of sp³-hybridized carbons (Fsp3) is 0.211. The number of aryl methyl sites for hydroxylation is 2. The lowest BCUT2D eigenvalue weighted by Crippen LogP contribution is -2.43. The summed E-state index contributed by atoms with van der Waals surface area (Å²) in [5, 5.41) is 11.8. The van der Waals surface area contributed by atoms with E-state index in [0.717, 1.165) is 11.1 Å². The van der Waals surface area contributed by atoms with Gasteiger partial charge in [0.1, 0.15) is 12.3 Å². The van der Waals surface area contributed by atoms with Crippen molar-refractivity contribution in [2.75, 3.05) is 23.4 Å². The minimum atomic E-state index is -1.09. The molecule has 0 aliphatic carbocycles. The molecule has 26 heavy (non-hydrogen) atoms. The number of nitrogens with one attached hydrogen (secondary N) is 1. The number of carboxylic acids is 1. The zero-order chi connectivity index (χ0) is 18.8. The lowest BCUT2D eigenvalue weighted by molar-refractivity contribution is -0.123. The van der Waals surface area contributed by atoms with Gasteiger partial charge in [-0.15, -0.1) is 0 Å². The predicted molar refractivity (Wildman–Crippen MR) is 95.8 cm³/mol. The van der Waals surface area contributed by atoms with Crippen LogP contribution in [-0.4, -0.2) is 36.0 Å². The summed E-state index contributed by atoms with van der Waals surface area (Å²) in [6.07, 6.45) is 0. The van der Waals surface area contributed by atoms with Crippen LogP contribution in [0.15, 0.2) is 36.4 Å². The maximum atomic E-state index is 12.4. The number of carbonyl (C=O) groups excluding carboxylic acids is 2. The first-order valence-corrected chi connectivity index (χ1v) is 8.02. The van der Waals surface area contributed by atoms with Crippen molar-refractivity contribution in [3.63, 3.8) is 0 Å². The third-order valence-corrected chi connectivity index (χ3v) is 3.96. The first kappa shape index (κ1) is 17.5. The number of ether oxygens (including phenoxy) is 1. The van der Waals surface area contributed by atoms with Gasteiger partial charge in [0.25, 0.3) is 5.91 Å². The van der Waals surface area contributed by atoms with E-state index in [-0.39, 0.29) is 36.3 Å². The van der Waals surface area contributed by atoms with Gasteiger partial charge in [0.15, 0.2) is 6.61 Å². The molecule has 2 aromatic carbocycles. The number of hydrogen-bond acceptors (Lipinski definition) is 4. The molecule has 2 aromatic rings. The van der Waals surface area contributed by atoms with E-state index in [2.05, 4.69) is 5.32 Å². The Morgan fingerprint density at radius 3 is 2.50 bits per heavy atom. The number of anilines is 2. The molecular formula is C19H18N2O5. The van der Waals surface area contributed by atoms with Crippen molar-refractivity contribution in [2.24, 2.45) is 0 Å². The van der Waals surface area contributed by atoms with E-state index in [0.29, 0.717) is 11.4 Å². The Bertz CT molecular complexity index is 887. The summed E-state index contributed by atoms with van der Waals surface area (Å²) in [6, 6.07) is 9.88. The summed E-state index contributed by atoms with van der Waals surface area (Å²) in [4.78, 5) is 36.9. The van der Waals surface area contributed by atoms with E-state index in [1.165, 1.54) is 23.1 Å². The van der Waals surface area contributed by atoms with Crippen LogP contribution in [-0.2, 0) is 9.59 Å². The molecule has 0 bridgehead atoms. The minimum absolute atomic E-state index is 0.0535. The van der Waals surface area contributed by atoms with Crippen molar-refractivity contribution in [2.45, 2.75) is 13.8 Å². The molecule has 7 heteroatoms. The summed E-state index contributed by atoms with van der Waals surface area (Å²) in [6.45, 7) is 3.44. The highest BCUT2D eigenvalue weighted by atomic mass is 16.5. The number of aromatic carboxylic acids is 1. The Labute approximate surface area is 150 Å². The third-order valence-electron chi connectivity index (χ3n) is 3.96. The summed E-state index contributed by atoms with van der Waals surface area (Å²) >= 11 is 0. The summed E-state index contributed by atoms with van der Waals surface area (Å²) < 4.78 is 5.30. The van der Waals surface area contributed by atoms with Crippen molar-refractivity contribution < 1.29 is 24.2 Å². The van der Waals surface area contributed by atoms with Gasteiger partial charge in [-0.05, 0) is 55.3 Å². The minimum Gasteiger partial charge on any atom is -0.482 e. The second kappa shape index (κ2) is 6.87. The van der Waals surface area contributed by atoms with E-state index >= 15 is 0 Å². The van der Waals surface area contributed by atoms with Gasteiger partial charge in [-0.2, -0.15) is 0 Å². The maximum Gasteiger partial charge on any atom is 0.335 e. The molecule has 0 radical (unpaired) electrons. The van der Waals surface area contributed by atoms with Gasteiger partial charge in [-0.3, -0.25) is 14.5 Å². The fourth-order valence-corrected chi connectivity index (χ4v) is 2.90. The first-order valence-electron chi connectivity index (χ1n) is 8.02. The van der Waals surface area contributed by atoms with Crippen LogP contribution in [0.5, 0.6) is 5.75 Å². The number of nitrogens with zero attached hydrogens (tertiary/aromatic N) is 1. The Morgan fingerprint density at radius 2 is 1.85 bits per heavy atom. The van der Waals surface area contributed by atoms with Crippen LogP contribution in [0, 0.1) is 13.8 Å². The van der Waals surface area contributed by atoms with E-state index in [1.54, 1.807) is 0 Å². The molecule has 1 heterocycles. The monoisotopic (exact) mass is 354 g/mol. The molecule has 0 saturated carbocycles. The molecule has 0 aromatic heterocycles. The summed E-state index contributed by atoms with van der Waals surface area (Å²) in [5.41, 5.74) is 3.14. The normalized spacial score (nSPS) is 13.0. The lowest BCUT2D eigenvalue weighted by atomic mass is 10.1. The highest BCUT2D eigenvalue weighted by molar-refractivity contribution is 6.05. The topological polar surface area (TPSA) is 95.9 Å². The van der Waals surface area contributed by atoms with Crippen molar-refractivity contribution in [3.8, 4) is 5.75 Å². The number of rotatable bonds is 4. The Morgan fingerprint density at radius 1 is 1.15 bits per heavy atom. The van der Waals surface area contributed by atoms with Crippen LogP contribution in [0.2, 0.25) is 0 Å². The average molecular weight is 354 g/mol. The van der Waals surface area contributed by atoms with Gasteiger partial charge in [-0.1, -0.05) is 6.07 Å². The number of fused-ring (bicyclic) bond motifs is 1. The van der Waals surface area contributed by atoms with E-state index in [4.69, 9.17) is 9.84 Å². The quantitative estimate of drug-likeness (QED) is 0.879. The summed E-state index contributed by atoms with van der Waals surface area (Å²) in [5.74, 6) is -1.54. The summed E-state index contributed by atoms with van der Waals surface area (Å²) in [7, 11) is 0. The molecule has 7 nitrogen and oxygen atoms in total. The molecule has 3 rings (SSSR count). The number of benzene rings is 2. The van der Waals surface area contributed by atoms with E-state index in [9.17, 15) is 14.4 Å². The van der Waals surface area contributed by atoms with Gasteiger partial charge < -0.3 is 15.2 Å². The van der Waals surface area contributed by atoms with Gasteiger partial charge in [0.2, 0.25) is 5.91 Å². The Kier molecular flexibility index (Phi) is 4.62. The van der Waals surface area contributed by atoms with Gasteiger partial charge in [0, 0.05) is 5.69 Å². The SMILES string of the molecule is Cc1cc(C)cc(NC(=O)CN2C(=O)COc3cc(C(=O)O)ccc32)c1. The van der Waals surface area contributed by atoms with E-state index in [1.807, 2.05) is 32.0 Å². The zero-order valence-electron chi connectivity index (χ0n) is 14.4. The number of hydrogen-bond donors (Lipinski definition) is 2. The van der Waals surface area contributed by atoms with Crippen LogP contribution in [0.3, 0.4) is 0 Å². The van der Waals surface area contributed by atoms with Crippen LogP contribution >= 0.6 is 0 Å². The maximum absolute atomic E-state index is 12.4. The smallest absolute Gasteiger partial charge is 0.335 e. The van der Waals surface area contributed by atoms with Gasteiger partial charge >= 0.3 is 5.97 Å². The Hall–Kier alpha value is -3.35. The van der Waals surface area contributed by atoms with Crippen molar-refractivity contribution in [1.29, 1.82) is 0 Å². The van der Waals surface area contributed by atoms with Crippen LogP contribution in [0.1, 0.15) is 21.5 Å². The highest BCUT2D eigenvalue weighted by Gasteiger charge is 2.28. The standard InChI is InChI=1S/C19H18N2O5/c1-11-5-12(2)7-14(6-11)20-17(22)9-21-15-4-3-13(19(24)25)8-16(15)26-10-18(21)23/h3-8H,9-10H2,1-2H3,(H,20,22)(H,24,25). The first-order chi connectivity index (χ1) is 12.3. The Balaban J connectivity index is 1.80. The predicted octanol–water partition coefficient (Wildman–Crippen LogP) is 2.37. The van der Waals surface area contributed by atoms with Crippen molar-refractivity contribution in [3.05, 3.63) is 53.1 Å². The van der Waals surface area contributed by atoms with Crippen molar-refractivity contribution >= 4 is 29.2 Å². The molecular weight excluding hydrogens is 336 g/mol. The molecule has 0 fully saturated rings. The molecule has 134 valence electrons.